The number of imide groups is 1. The zero-order valence-electron chi connectivity index (χ0n) is 19.0. The molecule has 0 spiro atoms. The minimum Gasteiger partial charge on any atom is -0.368 e. The summed E-state index contributed by atoms with van der Waals surface area (Å²) in [5, 5.41) is 0.635. The molecule has 8 heteroatoms. The number of hydrogen-bond donors (Lipinski definition) is 0. The highest BCUT2D eigenvalue weighted by Crippen LogP contribution is 2.34. The van der Waals surface area contributed by atoms with Gasteiger partial charge in [-0.25, -0.2) is 0 Å². The average Bonchev–Trinajstić information content (AvgIpc) is 3.36. The van der Waals surface area contributed by atoms with Gasteiger partial charge in [-0.15, -0.1) is 0 Å². The number of fused-ring (bicyclic) bond motifs is 1. The summed E-state index contributed by atoms with van der Waals surface area (Å²) in [4.78, 5) is 43.9. The lowest BCUT2D eigenvalue weighted by Gasteiger charge is -2.36. The van der Waals surface area contributed by atoms with Crippen molar-refractivity contribution in [2.24, 2.45) is 0 Å². The monoisotopic (exact) mass is 474 g/mol. The maximum atomic E-state index is 13.0. The Hall–Kier alpha value is -3.52. The van der Waals surface area contributed by atoms with Gasteiger partial charge in [-0.2, -0.15) is 0 Å². The Morgan fingerprint density at radius 1 is 0.971 bits per heavy atom. The standard InChI is InChI=1S/C26H26N4O3S/c1-2-27-17-19(21-10-6-7-11-22(21)27)16-23-25(32)30(26(33)34-23)18-24(31)29-14-12-28(13-15-29)20-8-4-3-5-9-20/h3-11,16-17H,2,12-15,18H2,1H3. The number of aromatic nitrogens is 1. The SMILES string of the molecule is CCn1cc(C=C2SC(=O)N(CC(=O)N3CCN(c4ccccc4)CC3)C2=O)c2ccccc21. The average molecular weight is 475 g/mol. The minimum atomic E-state index is -0.403. The second-order valence-corrected chi connectivity index (χ2v) is 9.35. The van der Waals surface area contributed by atoms with Crippen molar-refractivity contribution in [2.75, 3.05) is 37.6 Å². The highest BCUT2D eigenvalue weighted by Gasteiger charge is 2.37. The number of benzene rings is 2. The smallest absolute Gasteiger partial charge is 0.294 e. The minimum absolute atomic E-state index is 0.196. The molecule has 0 atom stereocenters. The van der Waals surface area contributed by atoms with Crippen molar-refractivity contribution in [3.8, 4) is 0 Å². The summed E-state index contributed by atoms with van der Waals surface area (Å²) in [5.41, 5.74) is 3.11. The summed E-state index contributed by atoms with van der Waals surface area (Å²) >= 11 is 0.899. The first-order valence-electron chi connectivity index (χ1n) is 11.5. The number of rotatable bonds is 5. The highest BCUT2D eigenvalue weighted by atomic mass is 32.2. The van der Waals surface area contributed by atoms with Crippen LogP contribution in [0.3, 0.4) is 0 Å². The molecule has 2 aliphatic rings. The number of carbonyl (C=O) groups excluding carboxylic acids is 3. The van der Waals surface area contributed by atoms with E-state index in [1.807, 2.05) is 48.7 Å². The van der Waals surface area contributed by atoms with Crippen LogP contribution in [0.2, 0.25) is 0 Å². The number of carbonyl (C=O) groups is 3. The maximum Gasteiger partial charge on any atom is 0.294 e. The number of hydrogen-bond acceptors (Lipinski definition) is 5. The van der Waals surface area contributed by atoms with E-state index in [0.29, 0.717) is 18.0 Å². The van der Waals surface area contributed by atoms with Gasteiger partial charge in [-0.1, -0.05) is 36.4 Å². The molecule has 0 bridgehead atoms. The summed E-state index contributed by atoms with van der Waals surface area (Å²) in [5.74, 6) is -0.599. The zero-order valence-corrected chi connectivity index (χ0v) is 19.8. The Bertz CT molecular complexity index is 1280. The van der Waals surface area contributed by atoms with E-state index in [-0.39, 0.29) is 12.5 Å². The fraction of sp³-hybridized carbons (Fsp3) is 0.269. The van der Waals surface area contributed by atoms with E-state index in [2.05, 4.69) is 28.5 Å². The third kappa shape index (κ3) is 4.21. The molecular formula is C26H26N4O3S. The van der Waals surface area contributed by atoms with Crippen LogP contribution in [0, 0.1) is 0 Å². The molecule has 174 valence electrons. The lowest BCUT2D eigenvalue weighted by molar-refractivity contribution is -0.136. The highest BCUT2D eigenvalue weighted by molar-refractivity contribution is 8.18. The molecule has 5 rings (SSSR count). The van der Waals surface area contributed by atoms with Crippen LogP contribution in [0.5, 0.6) is 0 Å². The predicted molar refractivity (Wildman–Crippen MR) is 136 cm³/mol. The number of nitrogens with zero attached hydrogens (tertiary/aromatic N) is 4. The molecule has 0 unspecified atom stereocenters. The molecule has 0 N–H and O–H groups in total. The number of amides is 3. The van der Waals surface area contributed by atoms with Crippen LogP contribution >= 0.6 is 11.8 Å². The molecule has 3 aromatic rings. The quantitative estimate of drug-likeness (QED) is 0.522. The molecule has 1 aromatic heterocycles. The van der Waals surface area contributed by atoms with Crippen LogP contribution in [-0.4, -0.2) is 64.1 Å². The van der Waals surface area contributed by atoms with E-state index >= 15 is 0 Å². The Kier molecular flexibility index (Phi) is 6.15. The summed E-state index contributed by atoms with van der Waals surface area (Å²) in [7, 11) is 0. The normalized spacial score (nSPS) is 17.9. The van der Waals surface area contributed by atoms with E-state index in [9.17, 15) is 14.4 Å². The van der Waals surface area contributed by atoms with Gasteiger partial charge >= 0.3 is 0 Å². The molecule has 3 amide bonds. The number of anilines is 1. The van der Waals surface area contributed by atoms with Crippen LogP contribution in [0.15, 0.2) is 65.7 Å². The lowest BCUT2D eigenvalue weighted by atomic mass is 10.1. The van der Waals surface area contributed by atoms with Crippen LogP contribution in [0.1, 0.15) is 12.5 Å². The molecule has 7 nitrogen and oxygen atoms in total. The largest absolute Gasteiger partial charge is 0.368 e. The van der Waals surface area contributed by atoms with Crippen molar-refractivity contribution >= 4 is 51.5 Å². The fourth-order valence-corrected chi connectivity index (χ4v) is 5.35. The molecule has 0 radical (unpaired) electrons. The van der Waals surface area contributed by atoms with Crippen molar-refractivity contribution in [2.45, 2.75) is 13.5 Å². The van der Waals surface area contributed by atoms with Crippen LogP contribution in [0.25, 0.3) is 17.0 Å². The van der Waals surface area contributed by atoms with Gasteiger partial charge in [0, 0.05) is 61.1 Å². The van der Waals surface area contributed by atoms with Gasteiger partial charge in [-0.05, 0) is 43.0 Å². The van der Waals surface area contributed by atoms with Crippen LogP contribution in [-0.2, 0) is 16.1 Å². The number of aryl methyl sites for hydroxylation is 1. The van der Waals surface area contributed by atoms with Crippen molar-refractivity contribution in [3.05, 3.63) is 71.3 Å². The second kappa shape index (κ2) is 9.38. The van der Waals surface area contributed by atoms with Crippen molar-refractivity contribution in [3.63, 3.8) is 0 Å². The molecule has 2 saturated heterocycles. The van der Waals surface area contributed by atoms with E-state index in [4.69, 9.17) is 0 Å². The Labute approximate surface area is 202 Å². The Morgan fingerprint density at radius 2 is 1.68 bits per heavy atom. The Balaban J connectivity index is 1.26. The molecule has 34 heavy (non-hydrogen) atoms. The number of piperazine rings is 1. The van der Waals surface area contributed by atoms with E-state index in [1.54, 1.807) is 11.0 Å². The first-order chi connectivity index (χ1) is 16.5. The summed E-state index contributed by atoms with van der Waals surface area (Å²) in [6, 6.07) is 18.1. The summed E-state index contributed by atoms with van der Waals surface area (Å²) < 4.78 is 2.12. The van der Waals surface area contributed by atoms with Crippen molar-refractivity contribution < 1.29 is 14.4 Å². The second-order valence-electron chi connectivity index (χ2n) is 8.36. The first kappa shape index (κ1) is 22.3. The molecule has 0 aliphatic carbocycles. The summed E-state index contributed by atoms with van der Waals surface area (Å²) in [6.45, 7) is 5.23. The van der Waals surface area contributed by atoms with Gasteiger partial charge < -0.3 is 14.4 Å². The third-order valence-electron chi connectivity index (χ3n) is 6.37. The van der Waals surface area contributed by atoms with Gasteiger partial charge in [0.2, 0.25) is 5.91 Å². The summed E-state index contributed by atoms with van der Waals surface area (Å²) in [6.07, 6.45) is 3.76. The van der Waals surface area contributed by atoms with Gasteiger partial charge in [0.1, 0.15) is 6.54 Å². The van der Waals surface area contributed by atoms with Crippen LogP contribution in [0.4, 0.5) is 10.5 Å². The maximum absolute atomic E-state index is 13.0. The molecule has 2 aromatic carbocycles. The van der Waals surface area contributed by atoms with E-state index in [1.165, 1.54) is 0 Å². The molecular weight excluding hydrogens is 448 g/mol. The topological polar surface area (TPSA) is 65.9 Å². The molecule has 2 aliphatic heterocycles. The predicted octanol–water partition coefficient (Wildman–Crippen LogP) is 4.05. The molecule has 2 fully saturated rings. The van der Waals surface area contributed by atoms with E-state index < -0.39 is 11.1 Å². The van der Waals surface area contributed by atoms with Gasteiger partial charge in [-0.3, -0.25) is 19.3 Å². The number of para-hydroxylation sites is 2. The van der Waals surface area contributed by atoms with E-state index in [0.717, 1.165) is 58.4 Å². The van der Waals surface area contributed by atoms with Crippen molar-refractivity contribution in [1.82, 2.24) is 14.4 Å². The zero-order chi connectivity index (χ0) is 23.7. The fourth-order valence-electron chi connectivity index (χ4n) is 4.52. The first-order valence-corrected chi connectivity index (χ1v) is 12.3. The molecule has 3 heterocycles. The lowest BCUT2D eigenvalue weighted by Crippen LogP contribution is -2.51. The van der Waals surface area contributed by atoms with Gasteiger partial charge in [0.05, 0.1) is 4.91 Å². The van der Waals surface area contributed by atoms with Crippen molar-refractivity contribution in [1.29, 1.82) is 0 Å². The third-order valence-corrected chi connectivity index (χ3v) is 7.27. The van der Waals surface area contributed by atoms with Gasteiger partial charge in [0.15, 0.2) is 0 Å². The number of thioether (sulfide) groups is 1. The van der Waals surface area contributed by atoms with Crippen LogP contribution < -0.4 is 4.90 Å². The van der Waals surface area contributed by atoms with Gasteiger partial charge in [0.25, 0.3) is 11.1 Å². The Morgan fingerprint density at radius 3 is 2.41 bits per heavy atom. The molecule has 0 saturated carbocycles.